The molecule has 5 nitrogen and oxygen atoms in total. The number of benzene rings is 1. The number of carbonyl (C=O) groups excluding carboxylic acids is 1. The highest BCUT2D eigenvalue weighted by atomic mass is 16.5. The molecule has 1 aromatic rings. The van der Waals surface area contributed by atoms with Crippen LogP contribution in [0.15, 0.2) is 18.2 Å². The summed E-state index contributed by atoms with van der Waals surface area (Å²) in [7, 11) is 3.16. The van der Waals surface area contributed by atoms with Crippen molar-refractivity contribution in [2.45, 2.75) is 33.1 Å². The van der Waals surface area contributed by atoms with Crippen molar-refractivity contribution < 1.29 is 14.3 Å². The van der Waals surface area contributed by atoms with E-state index in [1.807, 2.05) is 0 Å². The lowest BCUT2D eigenvalue weighted by Crippen LogP contribution is -2.20. The summed E-state index contributed by atoms with van der Waals surface area (Å²) in [5.74, 6) is 1.26. The topological polar surface area (TPSA) is 73.6 Å². The van der Waals surface area contributed by atoms with Crippen LogP contribution in [0.4, 0.5) is 5.69 Å². The Balaban J connectivity index is 2.66. The number of nitrogens with two attached hydrogens (primary N) is 1. The smallest absolute Gasteiger partial charge is 0.224 e. The van der Waals surface area contributed by atoms with E-state index in [-0.39, 0.29) is 11.3 Å². The Labute approximate surface area is 126 Å². The van der Waals surface area contributed by atoms with Gasteiger partial charge in [0.2, 0.25) is 5.91 Å². The maximum absolute atomic E-state index is 12.1. The summed E-state index contributed by atoms with van der Waals surface area (Å²) in [5.41, 5.74) is 6.28. The van der Waals surface area contributed by atoms with Gasteiger partial charge in [-0.2, -0.15) is 0 Å². The molecule has 0 aliphatic heterocycles. The first-order valence-corrected chi connectivity index (χ1v) is 7.14. The van der Waals surface area contributed by atoms with E-state index in [2.05, 4.69) is 19.2 Å². The molecule has 0 unspecified atom stereocenters. The van der Waals surface area contributed by atoms with Crippen LogP contribution in [-0.2, 0) is 4.79 Å². The van der Waals surface area contributed by atoms with Crippen molar-refractivity contribution in [3.05, 3.63) is 18.2 Å². The third kappa shape index (κ3) is 5.63. The Morgan fingerprint density at radius 3 is 2.52 bits per heavy atom. The van der Waals surface area contributed by atoms with Crippen LogP contribution in [0.2, 0.25) is 0 Å². The Morgan fingerprint density at radius 2 is 1.95 bits per heavy atom. The molecule has 118 valence electrons. The zero-order chi connectivity index (χ0) is 15.9. The molecule has 5 heteroatoms. The van der Waals surface area contributed by atoms with Gasteiger partial charge in [-0.15, -0.1) is 0 Å². The maximum atomic E-state index is 12.1. The van der Waals surface area contributed by atoms with Crippen LogP contribution in [-0.4, -0.2) is 26.7 Å². The molecule has 0 aromatic heterocycles. The van der Waals surface area contributed by atoms with E-state index >= 15 is 0 Å². The van der Waals surface area contributed by atoms with Crippen LogP contribution < -0.4 is 20.5 Å². The van der Waals surface area contributed by atoms with E-state index in [9.17, 15) is 4.79 Å². The second-order valence-corrected chi connectivity index (χ2v) is 5.82. The minimum atomic E-state index is -0.0355. The first-order chi connectivity index (χ1) is 9.91. The minimum Gasteiger partial charge on any atom is -0.497 e. The number of rotatable bonds is 8. The van der Waals surface area contributed by atoms with Gasteiger partial charge in [-0.1, -0.05) is 13.8 Å². The molecule has 1 aromatic carbocycles. The Morgan fingerprint density at radius 1 is 1.24 bits per heavy atom. The van der Waals surface area contributed by atoms with Crippen LogP contribution in [0.25, 0.3) is 0 Å². The van der Waals surface area contributed by atoms with Gasteiger partial charge in [0.1, 0.15) is 11.5 Å². The lowest BCUT2D eigenvalue weighted by atomic mass is 9.84. The van der Waals surface area contributed by atoms with Gasteiger partial charge >= 0.3 is 0 Å². The van der Waals surface area contributed by atoms with E-state index in [0.717, 1.165) is 12.8 Å². The van der Waals surface area contributed by atoms with Gasteiger partial charge in [0.15, 0.2) is 0 Å². The number of carbonyl (C=O) groups is 1. The van der Waals surface area contributed by atoms with E-state index in [0.29, 0.717) is 30.2 Å². The van der Waals surface area contributed by atoms with Gasteiger partial charge in [0.05, 0.1) is 19.9 Å². The van der Waals surface area contributed by atoms with Crippen LogP contribution >= 0.6 is 0 Å². The van der Waals surface area contributed by atoms with E-state index < -0.39 is 0 Å². The third-order valence-corrected chi connectivity index (χ3v) is 3.53. The fourth-order valence-electron chi connectivity index (χ4n) is 2.09. The van der Waals surface area contributed by atoms with Crippen molar-refractivity contribution in [2.24, 2.45) is 11.1 Å². The van der Waals surface area contributed by atoms with Crippen LogP contribution in [0.1, 0.15) is 33.1 Å². The highest BCUT2D eigenvalue weighted by molar-refractivity contribution is 5.92. The zero-order valence-corrected chi connectivity index (χ0v) is 13.4. The fourth-order valence-corrected chi connectivity index (χ4v) is 2.09. The molecule has 1 rings (SSSR count). The third-order valence-electron chi connectivity index (χ3n) is 3.53. The zero-order valence-electron chi connectivity index (χ0n) is 13.4. The van der Waals surface area contributed by atoms with Crippen molar-refractivity contribution in [1.29, 1.82) is 0 Å². The number of amides is 1. The average Bonchev–Trinajstić information content (AvgIpc) is 2.45. The summed E-state index contributed by atoms with van der Waals surface area (Å²) in [6.45, 7) is 4.89. The second-order valence-electron chi connectivity index (χ2n) is 5.82. The number of ether oxygens (including phenoxy) is 2. The molecule has 0 saturated heterocycles. The largest absolute Gasteiger partial charge is 0.497 e. The standard InChI is InChI=1S/C16H26N2O3/c1-16(2,9-10-17)8-7-15(19)18-13-11-12(20-3)5-6-14(13)21-4/h5-6,11H,7-10,17H2,1-4H3,(H,18,19). The molecule has 0 bridgehead atoms. The van der Waals surface area contributed by atoms with Crippen LogP contribution in [0, 0.1) is 5.41 Å². The molecule has 1 amide bonds. The molecule has 0 fully saturated rings. The summed E-state index contributed by atoms with van der Waals surface area (Å²) >= 11 is 0. The van der Waals surface area contributed by atoms with Gasteiger partial charge in [-0.05, 0) is 36.9 Å². The molecule has 0 aliphatic rings. The number of methoxy groups -OCH3 is 2. The van der Waals surface area contributed by atoms with Gasteiger partial charge in [0.25, 0.3) is 0 Å². The van der Waals surface area contributed by atoms with Gasteiger partial charge in [-0.3, -0.25) is 4.79 Å². The summed E-state index contributed by atoms with van der Waals surface area (Å²) in [6, 6.07) is 5.31. The van der Waals surface area contributed by atoms with Crippen molar-refractivity contribution in [3.8, 4) is 11.5 Å². The van der Waals surface area contributed by atoms with Crippen LogP contribution in [0.5, 0.6) is 11.5 Å². The van der Waals surface area contributed by atoms with Crippen molar-refractivity contribution in [1.82, 2.24) is 0 Å². The van der Waals surface area contributed by atoms with Crippen molar-refractivity contribution in [3.63, 3.8) is 0 Å². The quantitative estimate of drug-likeness (QED) is 0.773. The van der Waals surface area contributed by atoms with Crippen molar-refractivity contribution in [2.75, 3.05) is 26.1 Å². The molecule has 0 spiro atoms. The molecule has 0 saturated carbocycles. The maximum Gasteiger partial charge on any atom is 0.224 e. The number of hydrogen-bond donors (Lipinski definition) is 2. The number of nitrogens with one attached hydrogen (secondary N) is 1. The fraction of sp³-hybridized carbons (Fsp3) is 0.562. The van der Waals surface area contributed by atoms with E-state index in [4.69, 9.17) is 15.2 Å². The van der Waals surface area contributed by atoms with Gasteiger partial charge in [-0.25, -0.2) is 0 Å². The normalized spacial score (nSPS) is 11.1. The lowest BCUT2D eigenvalue weighted by molar-refractivity contribution is -0.116. The summed E-state index contributed by atoms with van der Waals surface area (Å²) in [6.07, 6.45) is 2.15. The Bertz CT molecular complexity index is 473. The predicted molar refractivity (Wildman–Crippen MR) is 84.9 cm³/mol. The van der Waals surface area contributed by atoms with Crippen molar-refractivity contribution >= 4 is 11.6 Å². The molecule has 0 radical (unpaired) electrons. The predicted octanol–water partition coefficient (Wildman–Crippen LogP) is 2.80. The molecule has 3 N–H and O–H groups in total. The average molecular weight is 294 g/mol. The first kappa shape index (κ1) is 17.3. The van der Waals surface area contributed by atoms with Crippen LogP contribution in [0.3, 0.4) is 0 Å². The first-order valence-electron chi connectivity index (χ1n) is 7.14. The molecule has 21 heavy (non-hydrogen) atoms. The Hall–Kier alpha value is -1.75. The van der Waals surface area contributed by atoms with E-state index in [1.54, 1.807) is 32.4 Å². The monoisotopic (exact) mass is 294 g/mol. The molecular formula is C16H26N2O3. The Kier molecular flexibility index (Phi) is 6.49. The molecule has 0 aliphatic carbocycles. The molecule has 0 atom stereocenters. The number of hydrogen-bond acceptors (Lipinski definition) is 4. The highest BCUT2D eigenvalue weighted by Gasteiger charge is 2.19. The SMILES string of the molecule is COc1ccc(OC)c(NC(=O)CCC(C)(C)CCN)c1. The van der Waals surface area contributed by atoms with E-state index in [1.165, 1.54) is 0 Å². The highest BCUT2D eigenvalue weighted by Crippen LogP contribution is 2.30. The van der Waals surface area contributed by atoms with Gasteiger partial charge < -0.3 is 20.5 Å². The van der Waals surface area contributed by atoms with Gasteiger partial charge in [0, 0.05) is 12.5 Å². The minimum absolute atomic E-state index is 0.0355. The molecular weight excluding hydrogens is 268 g/mol. The summed E-state index contributed by atoms with van der Waals surface area (Å²) in [4.78, 5) is 12.1. The molecule has 0 heterocycles. The summed E-state index contributed by atoms with van der Waals surface area (Å²) in [5, 5.41) is 2.88. The number of anilines is 1. The second kappa shape index (κ2) is 7.88. The lowest BCUT2D eigenvalue weighted by Gasteiger charge is -2.23. The summed E-state index contributed by atoms with van der Waals surface area (Å²) < 4.78 is 10.4.